The van der Waals surface area contributed by atoms with Crippen LogP contribution in [-0.2, 0) is 4.74 Å². The molecule has 1 aromatic heterocycles. The summed E-state index contributed by atoms with van der Waals surface area (Å²) in [6.45, 7) is 5.48. The molecular weight excluding hydrogens is 524 g/mol. The summed E-state index contributed by atoms with van der Waals surface area (Å²) in [6.07, 6.45) is 6.33. The van der Waals surface area contributed by atoms with Gasteiger partial charge in [-0.3, -0.25) is 9.99 Å². The molecule has 0 bridgehead atoms. The van der Waals surface area contributed by atoms with Crippen LogP contribution in [0.3, 0.4) is 0 Å². The molecule has 204 valence electrons. The summed E-state index contributed by atoms with van der Waals surface area (Å²) in [6, 6.07) is 14.2. The van der Waals surface area contributed by atoms with Gasteiger partial charge in [0, 0.05) is 52.6 Å². The normalized spacial score (nSPS) is 21.8. The number of nitrogens with zero attached hydrogens (tertiary/aromatic N) is 4. The van der Waals surface area contributed by atoms with Crippen LogP contribution in [0, 0.1) is 28.1 Å². The lowest BCUT2D eigenvalue weighted by Gasteiger charge is -2.39. The quantitative estimate of drug-likeness (QED) is 0.306. The van der Waals surface area contributed by atoms with Gasteiger partial charge in [0.15, 0.2) is 0 Å². The van der Waals surface area contributed by atoms with E-state index in [4.69, 9.17) is 16.3 Å². The molecule has 1 saturated heterocycles. The maximum atomic E-state index is 10.1. The van der Waals surface area contributed by atoms with Crippen molar-refractivity contribution in [2.24, 2.45) is 5.41 Å². The van der Waals surface area contributed by atoms with Gasteiger partial charge in [-0.15, -0.1) is 5.53 Å². The fourth-order valence-corrected chi connectivity index (χ4v) is 5.49. The van der Waals surface area contributed by atoms with E-state index in [9.17, 15) is 11.9 Å². The van der Waals surface area contributed by atoms with Crippen molar-refractivity contribution in [1.82, 2.24) is 21.0 Å². The lowest BCUT2D eigenvalue weighted by Crippen LogP contribution is -2.44. The molecular formula is C30H31ClN8O. The molecule has 0 amide bonds. The van der Waals surface area contributed by atoms with E-state index in [1.807, 2.05) is 35.5 Å². The molecule has 3 aliphatic rings. The highest BCUT2D eigenvalue weighted by Gasteiger charge is 2.35. The summed E-state index contributed by atoms with van der Waals surface area (Å²) in [5.41, 5.74) is 9.57. The van der Waals surface area contributed by atoms with Gasteiger partial charge in [-0.05, 0) is 43.0 Å². The van der Waals surface area contributed by atoms with E-state index >= 15 is 0 Å². The maximum absolute atomic E-state index is 10.1. The average Bonchev–Trinajstić information content (AvgIpc) is 3.69. The molecule has 4 N–H and O–H groups in total. The number of rotatable bonds is 7. The largest absolute Gasteiger partial charge is 0.381 e. The van der Waals surface area contributed by atoms with Crippen LogP contribution in [0.5, 0.6) is 0 Å². The SMILES string of the molecule is [2H]C(Nc1cc(C#N)c2ncc(C#N)c(NC3CCOCC3(C)C)c2c1)(C1=CN(C2CC2)NN1)c1ccccc1Cl. The van der Waals surface area contributed by atoms with Crippen LogP contribution >= 0.6 is 11.6 Å². The van der Waals surface area contributed by atoms with E-state index in [-0.39, 0.29) is 11.5 Å². The first-order valence-corrected chi connectivity index (χ1v) is 13.8. The Hall–Kier alpha value is -4.02. The number of hydrogen-bond donors (Lipinski definition) is 4. The first-order chi connectivity index (χ1) is 19.7. The number of benzene rings is 2. The molecule has 10 heteroatoms. The molecule has 0 radical (unpaired) electrons. The van der Waals surface area contributed by atoms with Crippen molar-refractivity contribution >= 4 is 33.9 Å². The molecule has 9 nitrogen and oxygen atoms in total. The molecule has 1 aliphatic carbocycles. The summed E-state index contributed by atoms with van der Waals surface area (Å²) in [4.78, 5) is 4.49. The van der Waals surface area contributed by atoms with Gasteiger partial charge in [0.05, 0.1) is 42.0 Å². The number of pyridine rings is 1. The highest BCUT2D eigenvalue weighted by Crippen LogP contribution is 2.38. The van der Waals surface area contributed by atoms with Gasteiger partial charge in [-0.2, -0.15) is 10.5 Å². The van der Waals surface area contributed by atoms with Gasteiger partial charge >= 0.3 is 0 Å². The van der Waals surface area contributed by atoms with Gasteiger partial charge in [0.1, 0.15) is 12.1 Å². The minimum atomic E-state index is -1.54. The van der Waals surface area contributed by atoms with E-state index in [2.05, 4.69) is 52.6 Å². The molecule has 2 aliphatic heterocycles. The Morgan fingerprint density at radius 1 is 1.20 bits per heavy atom. The second-order valence-corrected chi connectivity index (χ2v) is 11.5. The zero-order valence-corrected chi connectivity index (χ0v) is 23.1. The molecule has 2 fully saturated rings. The summed E-state index contributed by atoms with van der Waals surface area (Å²) in [5, 5.41) is 30.1. The van der Waals surface area contributed by atoms with Crippen LogP contribution in [0.1, 0.15) is 57.2 Å². The predicted molar refractivity (Wildman–Crippen MR) is 155 cm³/mol. The van der Waals surface area contributed by atoms with Gasteiger partial charge in [0.25, 0.3) is 0 Å². The summed E-state index contributed by atoms with van der Waals surface area (Å²) in [7, 11) is 0. The van der Waals surface area contributed by atoms with E-state index in [0.29, 0.717) is 68.9 Å². The first-order valence-electron chi connectivity index (χ1n) is 13.9. The summed E-state index contributed by atoms with van der Waals surface area (Å²) < 4.78 is 15.5. The lowest BCUT2D eigenvalue weighted by atomic mass is 9.81. The lowest BCUT2D eigenvalue weighted by molar-refractivity contribution is 0.00350. The number of hydrazine groups is 2. The number of aromatic nitrogens is 1. The highest BCUT2D eigenvalue weighted by molar-refractivity contribution is 6.31. The number of nitriles is 2. The van der Waals surface area contributed by atoms with Gasteiger partial charge in [-0.1, -0.05) is 43.6 Å². The number of nitrogens with one attached hydrogen (secondary N) is 4. The molecule has 0 spiro atoms. The Morgan fingerprint density at radius 3 is 2.73 bits per heavy atom. The molecule has 3 aromatic rings. The molecule has 2 aromatic carbocycles. The smallest absolute Gasteiger partial charge is 0.103 e. The summed E-state index contributed by atoms with van der Waals surface area (Å²) in [5.74, 6) is 0. The van der Waals surface area contributed by atoms with Crippen LogP contribution in [0.25, 0.3) is 10.9 Å². The second-order valence-electron chi connectivity index (χ2n) is 11.1. The van der Waals surface area contributed by atoms with Crippen LogP contribution in [0.15, 0.2) is 54.5 Å². The standard InChI is InChI=1S/C30H31ClN8O/c1-30(2)17-40-10-9-26(30)36-28-19(14-33)15-34-27-18(13-32)11-20(12-23(27)28)35-29(22-5-3-4-6-24(22)31)25-16-39(38-37-25)21-7-8-21/h3-6,11-12,15-16,21,26,29,35,37-38H,7-10,17H2,1-2H3,(H,34,36)/i29D. The Balaban J connectivity index is 1.48. The zero-order valence-electron chi connectivity index (χ0n) is 23.4. The van der Waals surface area contributed by atoms with Crippen molar-refractivity contribution in [2.75, 3.05) is 23.8 Å². The van der Waals surface area contributed by atoms with Crippen molar-refractivity contribution in [3.8, 4) is 12.1 Å². The minimum absolute atomic E-state index is 0.0433. The van der Waals surface area contributed by atoms with Crippen LogP contribution in [0.4, 0.5) is 11.4 Å². The molecule has 3 heterocycles. The molecule has 2 unspecified atom stereocenters. The van der Waals surface area contributed by atoms with Gasteiger partial charge < -0.3 is 20.8 Å². The van der Waals surface area contributed by atoms with Crippen molar-refractivity contribution in [2.45, 2.75) is 51.2 Å². The fraction of sp³-hybridized carbons (Fsp3) is 0.367. The number of fused-ring (bicyclic) bond motifs is 1. The molecule has 6 rings (SSSR count). The van der Waals surface area contributed by atoms with Gasteiger partial charge in [0.2, 0.25) is 0 Å². The Morgan fingerprint density at radius 2 is 2.00 bits per heavy atom. The Labute approximate surface area is 240 Å². The monoisotopic (exact) mass is 555 g/mol. The van der Waals surface area contributed by atoms with Crippen LogP contribution in [-0.4, -0.2) is 35.3 Å². The van der Waals surface area contributed by atoms with Crippen molar-refractivity contribution in [3.63, 3.8) is 0 Å². The van der Waals surface area contributed by atoms with Crippen molar-refractivity contribution in [3.05, 3.63) is 76.2 Å². The topological polar surface area (TPSA) is 121 Å². The Kier molecular flexibility index (Phi) is 6.57. The minimum Gasteiger partial charge on any atom is -0.381 e. The third kappa shape index (κ3) is 5.00. The number of ether oxygens (including phenoxy) is 1. The third-order valence-electron chi connectivity index (χ3n) is 7.71. The molecule has 1 saturated carbocycles. The molecule has 40 heavy (non-hydrogen) atoms. The third-order valence-corrected chi connectivity index (χ3v) is 8.04. The first kappa shape index (κ1) is 25.0. The van der Waals surface area contributed by atoms with Crippen molar-refractivity contribution < 1.29 is 6.11 Å². The average molecular weight is 556 g/mol. The van der Waals surface area contributed by atoms with E-state index < -0.39 is 6.02 Å². The number of halogens is 1. The van der Waals surface area contributed by atoms with Crippen LogP contribution < -0.4 is 21.6 Å². The molecule has 2 atom stereocenters. The van der Waals surface area contributed by atoms with E-state index in [1.165, 1.54) is 6.20 Å². The predicted octanol–water partition coefficient (Wildman–Crippen LogP) is 5.34. The fourth-order valence-electron chi connectivity index (χ4n) is 5.26. The zero-order chi connectivity index (χ0) is 28.8. The number of hydrogen-bond acceptors (Lipinski definition) is 9. The number of anilines is 2. The van der Waals surface area contributed by atoms with Crippen LogP contribution in [0.2, 0.25) is 5.02 Å². The van der Waals surface area contributed by atoms with E-state index in [0.717, 1.165) is 19.3 Å². The highest BCUT2D eigenvalue weighted by atomic mass is 35.5. The Bertz CT molecular complexity index is 1630. The van der Waals surface area contributed by atoms with E-state index in [1.54, 1.807) is 12.1 Å². The van der Waals surface area contributed by atoms with Gasteiger partial charge in [-0.25, -0.2) is 0 Å². The second kappa shape index (κ2) is 10.5. The van der Waals surface area contributed by atoms with Crippen molar-refractivity contribution in [1.29, 1.82) is 10.5 Å². The summed E-state index contributed by atoms with van der Waals surface area (Å²) >= 11 is 6.65. The maximum Gasteiger partial charge on any atom is 0.103 e.